The highest BCUT2D eigenvalue weighted by Crippen LogP contribution is 2.14. The summed E-state index contributed by atoms with van der Waals surface area (Å²) >= 11 is 5.00. The van der Waals surface area contributed by atoms with Crippen LogP contribution in [0, 0.1) is 5.92 Å². The van der Waals surface area contributed by atoms with Gasteiger partial charge in [0.05, 0.1) is 4.99 Å². The molecule has 0 aromatic heterocycles. The van der Waals surface area contributed by atoms with Crippen molar-refractivity contribution in [2.45, 2.75) is 12.8 Å². The minimum Gasteiger partial charge on any atom is -0.357 e. The summed E-state index contributed by atoms with van der Waals surface area (Å²) < 4.78 is 0. The van der Waals surface area contributed by atoms with Crippen molar-refractivity contribution in [3.05, 3.63) is 24.9 Å². The van der Waals surface area contributed by atoms with Crippen molar-refractivity contribution in [3.8, 4) is 0 Å². The van der Waals surface area contributed by atoms with Crippen LogP contribution in [-0.2, 0) is 0 Å². The predicted octanol–water partition coefficient (Wildman–Crippen LogP) is 2.01. The van der Waals surface area contributed by atoms with Gasteiger partial charge in [-0.3, -0.25) is 0 Å². The number of nitrogens with one attached hydrogen (secondary N) is 1. The second kappa shape index (κ2) is 3.52. The lowest BCUT2D eigenvalue weighted by atomic mass is 10.00. The molecular weight excluding hydrogens is 142 g/mol. The first-order valence-corrected chi connectivity index (χ1v) is 3.80. The zero-order valence-corrected chi connectivity index (χ0v) is 6.66. The van der Waals surface area contributed by atoms with Gasteiger partial charge in [0.1, 0.15) is 0 Å². The molecular formula is C8H11NS. The molecule has 1 aliphatic rings. The van der Waals surface area contributed by atoms with Crippen LogP contribution in [0.4, 0.5) is 0 Å². The summed E-state index contributed by atoms with van der Waals surface area (Å²) in [5, 5.41) is 2.99. The van der Waals surface area contributed by atoms with Crippen LogP contribution in [0.1, 0.15) is 12.8 Å². The maximum Gasteiger partial charge on any atom is 0.0798 e. The minimum atomic E-state index is 0.575. The first-order valence-electron chi connectivity index (χ1n) is 3.40. The first-order chi connectivity index (χ1) is 4.83. The van der Waals surface area contributed by atoms with Crippen LogP contribution >= 0.6 is 12.2 Å². The molecule has 10 heavy (non-hydrogen) atoms. The van der Waals surface area contributed by atoms with E-state index in [1.165, 1.54) is 0 Å². The van der Waals surface area contributed by atoms with E-state index in [2.05, 4.69) is 18.0 Å². The Morgan fingerprint density at radius 2 is 2.70 bits per heavy atom. The molecule has 0 amide bonds. The van der Waals surface area contributed by atoms with Crippen molar-refractivity contribution in [1.29, 1.82) is 0 Å². The topological polar surface area (TPSA) is 12.0 Å². The molecule has 1 rings (SSSR count). The molecule has 0 radical (unpaired) electrons. The van der Waals surface area contributed by atoms with Gasteiger partial charge in [-0.1, -0.05) is 24.4 Å². The standard InChI is InChI=1S/C8H11NS/c1-2-3-7-4-5-9-8(10)6-7/h2,4-5,7H,1,3,6H2,(H,9,10). The number of hydrogen-bond donors (Lipinski definition) is 1. The van der Waals surface area contributed by atoms with Crippen LogP contribution in [0.3, 0.4) is 0 Å². The van der Waals surface area contributed by atoms with E-state index in [-0.39, 0.29) is 0 Å². The van der Waals surface area contributed by atoms with E-state index >= 15 is 0 Å². The Hall–Kier alpha value is -0.630. The van der Waals surface area contributed by atoms with Gasteiger partial charge in [0, 0.05) is 6.42 Å². The molecule has 1 heterocycles. The third-order valence-corrected chi connectivity index (χ3v) is 1.81. The molecule has 0 aromatic carbocycles. The maximum absolute atomic E-state index is 5.00. The quantitative estimate of drug-likeness (QED) is 0.481. The average molecular weight is 153 g/mol. The molecule has 0 saturated heterocycles. The first kappa shape index (κ1) is 7.48. The van der Waals surface area contributed by atoms with E-state index in [9.17, 15) is 0 Å². The third-order valence-electron chi connectivity index (χ3n) is 1.53. The van der Waals surface area contributed by atoms with Crippen molar-refractivity contribution < 1.29 is 0 Å². The lowest BCUT2D eigenvalue weighted by molar-refractivity contribution is 0.675. The van der Waals surface area contributed by atoms with E-state index < -0.39 is 0 Å². The highest BCUT2D eigenvalue weighted by Gasteiger charge is 2.08. The summed E-state index contributed by atoms with van der Waals surface area (Å²) in [6.45, 7) is 3.68. The minimum absolute atomic E-state index is 0.575. The van der Waals surface area contributed by atoms with Gasteiger partial charge in [-0.2, -0.15) is 0 Å². The monoisotopic (exact) mass is 153 g/mol. The summed E-state index contributed by atoms with van der Waals surface area (Å²) in [5.74, 6) is 0.575. The molecule has 1 nitrogen and oxygen atoms in total. The second-order valence-electron chi connectivity index (χ2n) is 2.42. The Kier molecular flexibility index (Phi) is 2.63. The van der Waals surface area contributed by atoms with Gasteiger partial charge in [0.25, 0.3) is 0 Å². The molecule has 1 N–H and O–H groups in total. The Balaban J connectivity index is 2.46. The van der Waals surface area contributed by atoms with Gasteiger partial charge in [-0.05, 0) is 18.5 Å². The second-order valence-corrected chi connectivity index (χ2v) is 2.91. The Morgan fingerprint density at radius 3 is 3.30 bits per heavy atom. The molecule has 0 aliphatic carbocycles. The summed E-state index contributed by atoms with van der Waals surface area (Å²) in [5.41, 5.74) is 0. The van der Waals surface area contributed by atoms with E-state index in [4.69, 9.17) is 12.2 Å². The molecule has 1 aliphatic heterocycles. The van der Waals surface area contributed by atoms with Crippen molar-refractivity contribution in [2.24, 2.45) is 5.92 Å². The van der Waals surface area contributed by atoms with Gasteiger partial charge < -0.3 is 5.32 Å². The summed E-state index contributed by atoms with van der Waals surface area (Å²) in [7, 11) is 0. The molecule has 0 bridgehead atoms. The van der Waals surface area contributed by atoms with Gasteiger partial charge in [-0.15, -0.1) is 6.58 Å². The summed E-state index contributed by atoms with van der Waals surface area (Å²) in [6, 6.07) is 0. The molecule has 0 aromatic rings. The van der Waals surface area contributed by atoms with Crippen LogP contribution in [-0.4, -0.2) is 4.99 Å². The van der Waals surface area contributed by atoms with Crippen molar-refractivity contribution in [1.82, 2.24) is 5.32 Å². The van der Waals surface area contributed by atoms with Crippen molar-refractivity contribution in [2.75, 3.05) is 0 Å². The molecule has 1 unspecified atom stereocenters. The van der Waals surface area contributed by atoms with Crippen LogP contribution < -0.4 is 5.32 Å². The highest BCUT2D eigenvalue weighted by molar-refractivity contribution is 7.80. The van der Waals surface area contributed by atoms with E-state index in [0.717, 1.165) is 17.8 Å². The fourth-order valence-electron chi connectivity index (χ4n) is 1.02. The molecule has 54 valence electrons. The molecule has 0 spiro atoms. The van der Waals surface area contributed by atoms with Crippen LogP contribution in [0.2, 0.25) is 0 Å². The van der Waals surface area contributed by atoms with E-state index in [0.29, 0.717) is 5.92 Å². The molecule has 0 fully saturated rings. The van der Waals surface area contributed by atoms with Gasteiger partial charge in [-0.25, -0.2) is 0 Å². The maximum atomic E-state index is 5.00. The summed E-state index contributed by atoms with van der Waals surface area (Å²) in [6.07, 6.45) is 7.98. The number of rotatable bonds is 2. The fraction of sp³-hybridized carbons (Fsp3) is 0.375. The lowest BCUT2D eigenvalue weighted by Crippen LogP contribution is -2.22. The van der Waals surface area contributed by atoms with E-state index in [1.54, 1.807) is 0 Å². The largest absolute Gasteiger partial charge is 0.357 e. The van der Waals surface area contributed by atoms with Crippen LogP contribution in [0.25, 0.3) is 0 Å². The van der Waals surface area contributed by atoms with Crippen molar-refractivity contribution >= 4 is 17.2 Å². The summed E-state index contributed by atoms with van der Waals surface area (Å²) in [4.78, 5) is 0.939. The third kappa shape index (κ3) is 1.95. The smallest absolute Gasteiger partial charge is 0.0798 e. The molecule has 2 heteroatoms. The Bertz CT molecular complexity index is 172. The molecule has 1 atom stereocenters. The SMILES string of the molecule is C=CCC1C=CNC(=S)C1. The van der Waals surface area contributed by atoms with Crippen LogP contribution in [0.15, 0.2) is 24.9 Å². The zero-order valence-electron chi connectivity index (χ0n) is 5.84. The van der Waals surface area contributed by atoms with Gasteiger partial charge in [0.15, 0.2) is 0 Å². The van der Waals surface area contributed by atoms with Crippen molar-refractivity contribution in [3.63, 3.8) is 0 Å². The Morgan fingerprint density at radius 1 is 1.90 bits per heavy atom. The van der Waals surface area contributed by atoms with Crippen LogP contribution in [0.5, 0.6) is 0 Å². The van der Waals surface area contributed by atoms with E-state index in [1.807, 2.05) is 12.3 Å². The average Bonchev–Trinajstić information content (AvgIpc) is 1.88. The number of hydrogen-bond acceptors (Lipinski definition) is 1. The van der Waals surface area contributed by atoms with Gasteiger partial charge in [0.2, 0.25) is 0 Å². The predicted molar refractivity (Wildman–Crippen MR) is 47.8 cm³/mol. The Labute approximate surface area is 66.8 Å². The zero-order chi connectivity index (χ0) is 7.40. The normalized spacial score (nSPS) is 24.0. The number of allylic oxidation sites excluding steroid dienone is 2. The van der Waals surface area contributed by atoms with Gasteiger partial charge >= 0.3 is 0 Å². The number of thiocarbonyl (C=S) groups is 1. The highest BCUT2D eigenvalue weighted by atomic mass is 32.1. The fourth-order valence-corrected chi connectivity index (χ4v) is 1.30. The molecule has 0 saturated carbocycles. The lowest BCUT2D eigenvalue weighted by Gasteiger charge is -2.15.